The Kier molecular flexibility index (Phi) is 6.95. The van der Waals surface area contributed by atoms with Crippen LogP contribution in [-0.2, 0) is 6.54 Å². The molecule has 0 amide bonds. The maximum Gasteiger partial charge on any atom is 0.193 e. The Morgan fingerprint density at radius 1 is 1.25 bits per heavy atom. The molecule has 1 saturated heterocycles. The van der Waals surface area contributed by atoms with Crippen LogP contribution >= 0.6 is 11.6 Å². The van der Waals surface area contributed by atoms with Crippen molar-refractivity contribution in [2.45, 2.75) is 13.5 Å². The molecule has 2 aromatic rings. The van der Waals surface area contributed by atoms with Gasteiger partial charge in [0, 0.05) is 38.1 Å². The van der Waals surface area contributed by atoms with Crippen molar-refractivity contribution in [3.8, 4) is 5.75 Å². The number of nitrogens with zero attached hydrogens (tertiary/aromatic N) is 4. The topological polar surface area (TPSA) is 79.0 Å². The molecule has 0 aliphatic carbocycles. The fourth-order valence-electron chi connectivity index (χ4n) is 3.10. The number of hydrogen-bond acceptors (Lipinski definition) is 5. The molecule has 150 valence electrons. The molecule has 1 fully saturated rings. The number of piperazine rings is 1. The zero-order valence-corrected chi connectivity index (χ0v) is 17.1. The number of benzene rings is 1. The van der Waals surface area contributed by atoms with Crippen molar-refractivity contribution in [3.05, 3.63) is 47.1 Å². The molecule has 0 unspecified atom stereocenters. The summed E-state index contributed by atoms with van der Waals surface area (Å²) in [5, 5.41) is 3.55. The Morgan fingerprint density at radius 3 is 2.64 bits per heavy atom. The summed E-state index contributed by atoms with van der Waals surface area (Å²) < 4.78 is 5.14. The molecule has 0 atom stereocenters. The minimum absolute atomic E-state index is 0.320. The van der Waals surface area contributed by atoms with Gasteiger partial charge in [0.2, 0.25) is 0 Å². The van der Waals surface area contributed by atoms with Gasteiger partial charge in [-0.3, -0.25) is 0 Å². The van der Waals surface area contributed by atoms with E-state index in [0.717, 1.165) is 49.8 Å². The Bertz CT molecular complexity index is 803. The molecule has 1 aromatic heterocycles. The van der Waals surface area contributed by atoms with Crippen molar-refractivity contribution < 1.29 is 4.74 Å². The van der Waals surface area contributed by atoms with Gasteiger partial charge in [-0.15, -0.1) is 0 Å². The lowest BCUT2D eigenvalue weighted by Crippen LogP contribution is -2.46. The summed E-state index contributed by atoms with van der Waals surface area (Å²) in [6.07, 6.45) is 1.86. The van der Waals surface area contributed by atoms with Gasteiger partial charge in [0.25, 0.3) is 0 Å². The quantitative estimate of drug-likeness (QED) is 0.571. The summed E-state index contributed by atoms with van der Waals surface area (Å²) in [7, 11) is 1.58. The largest absolute Gasteiger partial charge is 0.495 e. The smallest absolute Gasteiger partial charge is 0.193 e. The van der Waals surface area contributed by atoms with E-state index in [1.54, 1.807) is 19.2 Å². The van der Waals surface area contributed by atoms with Crippen LogP contribution in [0.25, 0.3) is 0 Å². The molecule has 3 rings (SSSR count). The van der Waals surface area contributed by atoms with Crippen LogP contribution in [-0.4, -0.2) is 55.7 Å². The van der Waals surface area contributed by atoms with Crippen molar-refractivity contribution in [1.29, 1.82) is 0 Å². The van der Waals surface area contributed by atoms with Crippen LogP contribution in [0.1, 0.15) is 12.5 Å². The predicted octanol–water partition coefficient (Wildman–Crippen LogP) is 2.81. The lowest BCUT2D eigenvalue weighted by molar-refractivity contribution is 0.270. The van der Waals surface area contributed by atoms with Crippen LogP contribution in [0.2, 0.25) is 5.02 Å². The van der Waals surface area contributed by atoms with Gasteiger partial charge in [0.15, 0.2) is 5.96 Å². The molecule has 28 heavy (non-hydrogen) atoms. The monoisotopic (exact) mass is 402 g/mol. The molecule has 0 saturated carbocycles. The second kappa shape index (κ2) is 9.61. The maximum atomic E-state index is 6.12. The van der Waals surface area contributed by atoms with Crippen LogP contribution in [0, 0.1) is 0 Å². The van der Waals surface area contributed by atoms with Crippen LogP contribution in [0.3, 0.4) is 0 Å². The van der Waals surface area contributed by atoms with Gasteiger partial charge in [-0.05, 0) is 36.4 Å². The third-order valence-corrected chi connectivity index (χ3v) is 5.10. The first-order valence-electron chi connectivity index (χ1n) is 9.41. The van der Waals surface area contributed by atoms with Crippen LogP contribution in [0.5, 0.6) is 5.75 Å². The SMILES string of the molecule is CCN1CCN(c2ccc(CN=C(N)Nc3ccc(OC)c(Cl)c3)cn2)CC1. The van der Waals surface area contributed by atoms with E-state index >= 15 is 0 Å². The minimum atomic E-state index is 0.320. The van der Waals surface area contributed by atoms with Crippen molar-refractivity contribution in [2.75, 3.05) is 50.1 Å². The number of nitrogens with one attached hydrogen (secondary N) is 1. The second-order valence-corrected chi connectivity index (χ2v) is 7.03. The van der Waals surface area contributed by atoms with E-state index < -0.39 is 0 Å². The predicted molar refractivity (Wildman–Crippen MR) is 116 cm³/mol. The van der Waals surface area contributed by atoms with E-state index in [4.69, 9.17) is 22.1 Å². The number of ether oxygens (including phenoxy) is 1. The number of halogens is 1. The highest BCUT2D eigenvalue weighted by Crippen LogP contribution is 2.27. The van der Waals surface area contributed by atoms with Gasteiger partial charge in [0.05, 0.1) is 18.7 Å². The second-order valence-electron chi connectivity index (χ2n) is 6.62. The van der Waals surface area contributed by atoms with Gasteiger partial charge < -0.3 is 25.6 Å². The zero-order valence-electron chi connectivity index (χ0n) is 16.4. The number of aromatic nitrogens is 1. The molecule has 0 bridgehead atoms. The Morgan fingerprint density at radius 2 is 2.04 bits per heavy atom. The molecule has 1 aliphatic rings. The number of rotatable bonds is 6. The normalized spacial score (nSPS) is 15.5. The first-order chi connectivity index (χ1) is 13.6. The van der Waals surface area contributed by atoms with Crippen LogP contribution < -0.4 is 20.7 Å². The Balaban J connectivity index is 1.54. The van der Waals surface area contributed by atoms with Crippen molar-refractivity contribution >= 4 is 29.1 Å². The first-order valence-corrected chi connectivity index (χ1v) is 9.79. The summed E-state index contributed by atoms with van der Waals surface area (Å²) >= 11 is 6.12. The van der Waals surface area contributed by atoms with E-state index in [0.29, 0.717) is 23.3 Å². The summed E-state index contributed by atoms with van der Waals surface area (Å²) in [4.78, 5) is 13.7. The number of methoxy groups -OCH3 is 1. The van der Waals surface area contributed by atoms with Gasteiger partial charge in [-0.25, -0.2) is 9.98 Å². The summed E-state index contributed by atoms with van der Waals surface area (Å²) in [6.45, 7) is 7.96. The molecule has 0 radical (unpaired) electrons. The summed E-state index contributed by atoms with van der Waals surface area (Å²) in [5.74, 6) is 1.95. The van der Waals surface area contributed by atoms with E-state index in [9.17, 15) is 0 Å². The molecular weight excluding hydrogens is 376 g/mol. The van der Waals surface area contributed by atoms with Gasteiger partial charge >= 0.3 is 0 Å². The number of nitrogens with two attached hydrogens (primary N) is 1. The molecule has 1 aromatic carbocycles. The average Bonchev–Trinajstić information content (AvgIpc) is 2.73. The van der Waals surface area contributed by atoms with Gasteiger partial charge in [-0.2, -0.15) is 0 Å². The average molecular weight is 403 g/mol. The van der Waals surface area contributed by atoms with E-state index in [1.807, 2.05) is 12.3 Å². The van der Waals surface area contributed by atoms with Crippen molar-refractivity contribution in [2.24, 2.45) is 10.7 Å². The fraction of sp³-hybridized carbons (Fsp3) is 0.400. The highest BCUT2D eigenvalue weighted by Gasteiger charge is 2.16. The molecule has 8 heteroatoms. The molecule has 2 heterocycles. The highest BCUT2D eigenvalue weighted by atomic mass is 35.5. The maximum absolute atomic E-state index is 6.12. The van der Waals surface area contributed by atoms with Crippen LogP contribution in [0.15, 0.2) is 41.5 Å². The van der Waals surface area contributed by atoms with E-state index in [2.05, 4.69) is 44.1 Å². The third kappa shape index (κ3) is 5.27. The summed E-state index contributed by atoms with van der Waals surface area (Å²) in [6, 6.07) is 9.47. The van der Waals surface area contributed by atoms with Crippen molar-refractivity contribution in [3.63, 3.8) is 0 Å². The lowest BCUT2D eigenvalue weighted by Gasteiger charge is -2.34. The molecule has 0 spiro atoms. The molecule has 7 nitrogen and oxygen atoms in total. The molecular formula is C20H27ClN6O. The number of pyridine rings is 1. The van der Waals surface area contributed by atoms with Gasteiger partial charge in [-0.1, -0.05) is 24.6 Å². The van der Waals surface area contributed by atoms with Crippen LogP contribution in [0.4, 0.5) is 11.5 Å². The number of guanidine groups is 1. The first kappa shape index (κ1) is 20.2. The highest BCUT2D eigenvalue weighted by molar-refractivity contribution is 6.32. The fourth-order valence-corrected chi connectivity index (χ4v) is 3.36. The Labute approximate surface area is 171 Å². The Hall–Kier alpha value is -2.51. The number of likely N-dealkylation sites (N-methyl/N-ethyl adjacent to an activating group) is 1. The van der Waals surface area contributed by atoms with Crippen molar-refractivity contribution in [1.82, 2.24) is 9.88 Å². The third-order valence-electron chi connectivity index (χ3n) is 4.81. The van der Waals surface area contributed by atoms with E-state index in [-0.39, 0.29) is 0 Å². The lowest BCUT2D eigenvalue weighted by atomic mass is 10.2. The standard InChI is InChI=1S/C20H27ClN6O/c1-3-26-8-10-27(11-9-26)19-7-4-15(13-23-19)14-24-20(22)25-16-5-6-18(28-2)17(21)12-16/h4-7,12-13H,3,8-11,14H2,1-2H3,(H3,22,24,25). The zero-order chi connectivity index (χ0) is 19.9. The number of aliphatic imine (C=N–C) groups is 1. The number of anilines is 2. The van der Waals surface area contributed by atoms with E-state index in [1.165, 1.54) is 0 Å². The van der Waals surface area contributed by atoms with Gasteiger partial charge in [0.1, 0.15) is 11.6 Å². The molecule has 3 N–H and O–H groups in total. The molecule has 1 aliphatic heterocycles. The number of hydrogen-bond donors (Lipinski definition) is 2. The minimum Gasteiger partial charge on any atom is -0.495 e. The summed E-state index contributed by atoms with van der Waals surface area (Å²) in [5.41, 5.74) is 7.74.